The van der Waals surface area contributed by atoms with E-state index >= 15 is 0 Å². The van der Waals surface area contributed by atoms with E-state index in [1.807, 2.05) is 35.8 Å². The molecule has 0 fully saturated rings. The van der Waals surface area contributed by atoms with E-state index in [9.17, 15) is 4.79 Å². The van der Waals surface area contributed by atoms with Crippen molar-refractivity contribution in [2.24, 2.45) is 5.84 Å². The molecule has 3 nitrogen and oxygen atoms in total. The molecular weight excluding hydrogens is 152 g/mol. The molecule has 12 heavy (non-hydrogen) atoms. The van der Waals surface area contributed by atoms with Gasteiger partial charge in [0, 0.05) is 6.08 Å². The highest BCUT2D eigenvalue weighted by atomic mass is 16.2. The number of hydrogen-bond acceptors (Lipinski definition) is 2. The number of hydrogen-bond donors (Lipinski definition) is 2. The van der Waals surface area contributed by atoms with Crippen LogP contribution in [0, 0.1) is 0 Å². The van der Waals surface area contributed by atoms with E-state index in [0.29, 0.717) is 0 Å². The van der Waals surface area contributed by atoms with E-state index in [1.165, 1.54) is 6.08 Å². The van der Waals surface area contributed by atoms with E-state index in [2.05, 4.69) is 0 Å². The van der Waals surface area contributed by atoms with Crippen LogP contribution in [0.3, 0.4) is 0 Å². The Morgan fingerprint density at radius 2 is 2.00 bits per heavy atom. The smallest absolute Gasteiger partial charge is 0.257 e. The molecule has 0 unspecified atom stereocenters. The Labute approximate surface area is 70.9 Å². The maximum absolute atomic E-state index is 10.7. The Bertz CT molecular complexity index is 280. The Kier molecular flexibility index (Phi) is 3.04. The summed E-state index contributed by atoms with van der Waals surface area (Å²) in [6, 6.07) is 9.53. The van der Waals surface area contributed by atoms with Crippen LogP contribution in [-0.4, -0.2) is 5.91 Å². The van der Waals surface area contributed by atoms with E-state index in [1.54, 1.807) is 6.08 Å². The van der Waals surface area contributed by atoms with Crippen molar-refractivity contribution in [3.05, 3.63) is 42.0 Å². The third-order valence-corrected chi connectivity index (χ3v) is 1.37. The van der Waals surface area contributed by atoms with Crippen molar-refractivity contribution in [3.63, 3.8) is 0 Å². The topological polar surface area (TPSA) is 55.1 Å². The maximum atomic E-state index is 10.7. The summed E-state index contributed by atoms with van der Waals surface area (Å²) in [5.74, 6) is 4.58. The fraction of sp³-hybridized carbons (Fsp3) is 0. The zero-order chi connectivity index (χ0) is 8.81. The van der Waals surface area contributed by atoms with Gasteiger partial charge in [-0.1, -0.05) is 30.3 Å². The number of nitrogens with two attached hydrogens (primary N) is 1. The minimum atomic E-state index is -0.307. The lowest BCUT2D eigenvalue weighted by Gasteiger charge is -1.91. The fourth-order valence-corrected chi connectivity index (χ4v) is 0.784. The average molecular weight is 162 g/mol. The Hall–Kier alpha value is -1.61. The number of carbonyl (C=O) groups excluding carboxylic acids is 1. The normalized spacial score (nSPS) is 10.1. The van der Waals surface area contributed by atoms with Gasteiger partial charge in [0.25, 0.3) is 5.91 Å². The van der Waals surface area contributed by atoms with Gasteiger partial charge in [-0.15, -0.1) is 0 Å². The average Bonchev–Trinajstić information content (AvgIpc) is 2.16. The molecule has 0 aliphatic rings. The molecule has 0 aliphatic heterocycles. The Morgan fingerprint density at radius 1 is 1.33 bits per heavy atom. The lowest BCUT2D eigenvalue weighted by Crippen LogP contribution is -2.27. The largest absolute Gasteiger partial charge is 0.291 e. The van der Waals surface area contributed by atoms with Crippen LogP contribution in [0.1, 0.15) is 5.56 Å². The number of benzene rings is 1. The van der Waals surface area contributed by atoms with Crippen molar-refractivity contribution in [2.75, 3.05) is 0 Å². The van der Waals surface area contributed by atoms with Crippen LogP contribution in [-0.2, 0) is 4.79 Å². The van der Waals surface area contributed by atoms with Crippen LogP contribution in [0.2, 0.25) is 0 Å². The molecule has 0 saturated carbocycles. The van der Waals surface area contributed by atoms with Crippen molar-refractivity contribution >= 4 is 12.0 Å². The minimum absolute atomic E-state index is 0.307. The number of amides is 1. The molecule has 0 aromatic heterocycles. The standard InChI is InChI=1S/C9H10N2O/c10-11-9(12)7-6-8-4-2-1-3-5-8/h1-7H,10H2,(H,11,12)/b7-6+. The maximum Gasteiger partial charge on any atom is 0.257 e. The Morgan fingerprint density at radius 3 is 2.58 bits per heavy atom. The Balaban J connectivity index is 2.64. The molecule has 0 saturated heterocycles. The SMILES string of the molecule is NNC(=O)/C=C/c1ccccc1. The first-order valence-electron chi connectivity index (χ1n) is 3.56. The van der Waals surface area contributed by atoms with Crippen molar-refractivity contribution in [2.45, 2.75) is 0 Å². The van der Waals surface area contributed by atoms with Gasteiger partial charge in [0.15, 0.2) is 0 Å². The molecule has 0 bridgehead atoms. The van der Waals surface area contributed by atoms with Crippen LogP contribution in [0.15, 0.2) is 36.4 Å². The van der Waals surface area contributed by atoms with Crippen molar-refractivity contribution < 1.29 is 4.79 Å². The van der Waals surface area contributed by atoms with Gasteiger partial charge < -0.3 is 0 Å². The minimum Gasteiger partial charge on any atom is -0.291 e. The van der Waals surface area contributed by atoms with Gasteiger partial charge in [0.1, 0.15) is 0 Å². The van der Waals surface area contributed by atoms with Crippen LogP contribution in [0.4, 0.5) is 0 Å². The van der Waals surface area contributed by atoms with Gasteiger partial charge >= 0.3 is 0 Å². The summed E-state index contributed by atoms with van der Waals surface area (Å²) >= 11 is 0. The van der Waals surface area contributed by atoms with Crippen molar-refractivity contribution in [3.8, 4) is 0 Å². The first-order chi connectivity index (χ1) is 5.83. The lowest BCUT2D eigenvalue weighted by atomic mass is 10.2. The number of nitrogens with one attached hydrogen (secondary N) is 1. The zero-order valence-corrected chi connectivity index (χ0v) is 6.53. The summed E-state index contributed by atoms with van der Waals surface area (Å²) in [7, 11) is 0. The van der Waals surface area contributed by atoms with E-state index in [0.717, 1.165) is 5.56 Å². The van der Waals surface area contributed by atoms with Crippen molar-refractivity contribution in [1.82, 2.24) is 5.43 Å². The van der Waals surface area contributed by atoms with Crippen molar-refractivity contribution in [1.29, 1.82) is 0 Å². The second kappa shape index (κ2) is 4.31. The van der Waals surface area contributed by atoms with E-state index < -0.39 is 0 Å². The lowest BCUT2D eigenvalue weighted by molar-refractivity contribution is -0.116. The van der Waals surface area contributed by atoms with E-state index in [4.69, 9.17) is 5.84 Å². The second-order valence-corrected chi connectivity index (χ2v) is 2.25. The number of rotatable bonds is 2. The molecule has 3 heteroatoms. The second-order valence-electron chi connectivity index (χ2n) is 2.25. The molecule has 0 heterocycles. The molecular formula is C9H10N2O. The van der Waals surface area contributed by atoms with Gasteiger partial charge in [-0.05, 0) is 11.6 Å². The molecule has 0 spiro atoms. The molecule has 1 rings (SSSR count). The first kappa shape index (κ1) is 8.49. The number of hydrazine groups is 1. The molecule has 62 valence electrons. The summed E-state index contributed by atoms with van der Waals surface area (Å²) in [6.07, 6.45) is 3.08. The predicted octanol–water partition coefficient (Wildman–Crippen LogP) is 0.690. The quantitative estimate of drug-likeness (QED) is 0.291. The molecule has 1 aromatic rings. The molecule has 0 aliphatic carbocycles. The third-order valence-electron chi connectivity index (χ3n) is 1.37. The van der Waals surface area contributed by atoms with Gasteiger partial charge in [0.2, 0.25) is 0 Å². The van der Waals surface area contributed by atoms with Crippen LogP contribution < -0.4 is 11.3 Å². The highest BCUT2D eigenvalue weighted by Crippen LogP contribution is 1.99. The van der Waals surface area contributed by atoms with Gasteiger partial charge in [-0.3, -0.25) is 10.2 Å². The molecule has 3 N–H and O–H groups in total. The highest BCUT2D eigenvalue weighted by molar-refractivity contribution is 5.91. The van der Waals surface area contributed by atoms with Crippen LogP contribution in [0.5, 0.6) is 0 Å². The molecule has 0 atom stereocenters. The third kappa shape index (κ3) is 2.56. The summed E-state index contributed by atoms with van der Waals surface area (Å²) < 4.78 is 0. The monoisotopic (exact) mass is 162 g/mol. The van der Waals surface area contributed by atoms with Gasteiger partial charge in [-0.2, -0.15) is 0 Å². The summed E-state index contributed by atoms with van der Waals surface area (Å²) in [5, 5.41) is 0. The zero-order valence-electron chi connectivity index (χ0n) is 6.53. The molecule has 1 amide bonds. The summed E-state index contributed by atoms with van der Waals surface area (Å²) in [4.78, 5) is 10.7. The summed E-state index contributed by atoms with van der Waals surface area (Å²) in [6.45, 7) is 0. The highest BCUT2D eigenvalue weighted by Gasteiger charge is 1.88. The molecule has 0 radical (unpaired) electrons. The predicted molar refractivity (Wildman–Crippen MR) is 47.8 cm³/mol. The van der Waals surface area contributed by atoms with Gasteiger partial charge in [-0.25, -0.2) is 5.84 Å². The molecule has 1 aromatic carbocycles. The first-order valence-corrected chi connectivity index (χ1v) is 3.56. The van der Waals surface area contributed by atoms with Crippen LogP contribution >= 0.6 is 0 Å². The fourth-order valence-electron chi connectivity index (χ4n) is 0.784. The number of carbonyl (C=O) groups is 1. The van der Waals surface area contributed by atoms with E-state index in [-0.39, 0.29) is 5.91 Å². The van der Waals surface area contributed by atoms with Crippen LogP contribution in [0.25, 0.3) is 6.08 Å². The van der Waals surface area contributed by atoms with Gasteiger partial charge in [0.05, 0.1) is 0 Å². The summed E-state index contributed by atoms with van der Waals surface area (Å²) in [5.41, 5.74) is 2.98.